The highest BCUT2D eigenvalue weighted by Gasteiger charge is 2.32. The second-order valence-electron chi connectivity index (χ2n) is 8.64. The molecule has 1 saturated heterocycles. The van der Waals surface area contributed by atoms with Gasteiger partial charge in [-0.3, -0.25) is 10.1 Å². The van der Waals surface area contributed by atoms with Crippen LogP contribution in [0.4, 0.5) is 30.6 Å². The third-order valence-corrected chi connectivity index (χ3v) is 6.38. The minimum Gasteiger partial charge on any atom is -0.405 e. The number of benzene rings is 1. The van der Waals surface area contributed by atoms with Crippen molar-refractivity contribution in [3.8, 4) is 5.75 Å². The van der Waals surface area contributed by atoms with E-state index in [1.54, 1.807) is 6.07 Å². The standard InChI is InChI=1S/C22H27F3N6O3/c23-22(24,25)34-19-5-2-1-4-16(19)13-27-21-28-14-18(31(32)33)20(29-21)26-12-15-6-8-17(9-7-15)30-10-3-11-30/h1-2,4-5,14-15,17H,3,6-13H2,(H2,26,27,28,29). The van der Waals surface area contributed by atoms with Crippen molar-refractivity contribution >= 4 is 17.5 Å². The van der Waals surface area contributed by atoms with Crippen molar-refractivity contribution in [1.82, 2.24) is 14.9 Å². The quantitative estimate of drug-likeness (QED) is 0.397. The fraction of sp³-hybridized carbons (Fsp3) is 0.545. The monoisotopic (exact) mass is 480 g/mol. The Morgan fingerprint density at radius 3 is 2.53 bits per heavy atom. The lowest BCUT2D eigenvalue weighted by atomic mass is 9.84. The van der Waals surface area contributed by atoms with E-state index in [0.29, 0.717) is 18.5 Å². The minimum atomic E-state index is -4.81. The molecule has 12 heteroatoms. The molecule has 2 aromatic rings. The maximum absolute atomic E-state index is 12.6. The van der Waals surface area contributed by atoms with Crippen molar-refractivity contribution in [2.24, 2.45) is 5.92 Å². The van der Waals surface area contributed by atoms with Crippen molar-refractivity contribution in [3.05, 3.63) is 46.1 Å². The van der Waals surface area contributed by atoms with Crippen LogP contribution in [0.1, 0.15) is 37.7 Å². The van der Waals surface area contributed by atoms with Crippen LogP contribution >= 0.6 is 0 Å². The van der Waals surface area contributed by atoms with Crippen LogP contribution in [-0.2, 0) is 6.54 Å². The number of likely N-dealkylation sites (tertiary alicyclic amines) is 1. The van der Waals surface area contributed by atoms with Gasteiger partial charge in [-0.2, -0.15) is 4.98 Å². The Morgan fingerprint density at radius 1 is 1.15 bits per heavy atom. The Balaban J connectivity index is 1.37. The summed E-state index contributed by atoms with van der Waals surface area (Å²) in [5.74, 6) is 0.218. The summed E-state index contributed by atoms with van der Waals surface area (Å²) in [6, 6.07) is 6.37. The summed E-state index contributed by atoms with van der Waals surface area (Å²) in [7, 11) is 0. The molecule has 9 nitrogen and oxygen atoms in total. The lowest BCUT2D eigenvalue weighted by Crippen LogP contribution is -2.46. The van der Waals surface area contributed by atoms with E-state index in [-0.39, 0.29) is 35.3 Å². The fourth-order valence-electron chi connectivity index (χ4n) is 4.43. The lowest BCUT2D eigenvalue weighted by Gasteiger charge is -2.42. The average Bonchev–Trinajstić information content (AvgIpc) is 2.76. The molecule has 2 heterocycles. The summed E-state index contributed by atoms with van der Waals surface area (Å²) in [6.07, 6.45) is 1.91. The number of ether oxygens (including phenoxy) is 1. The molecule has 1 aromatic carbocycles. The normalized spacial score (nSPS) is 20.9. The molecule has 184 valence electrons. The highest BCUT2D eigenvalue weighted by atomic mass is 19.4. The van der Waals surface area contributed by atoms with Gasteiger partial charge in [-0.15, -0.1) is 13.2 Å². The smallest absolute Gasteiger partial charge is 0.405 e. The molecule has 4 rings (SSSR count). The molecule has 2 aliphatic rings. The molecular weight excluding hydrogens is 453 g/mol. The summed E-state index contributed by atoms with van der Waals surface area (Å²) in [6.45, 7) is 2.88. The lowest BCUT2D eigenvalue weighted by molar-refractivity contribution is -0.384. The predicted molar refractivity (Wildman–Crippen MR) is 120 cm³/mol. The molecule has 1 aliphatic carbocycles. The van der Waals surface area contributed by atoms with Gasteiger partial charge in [0, 0.05) is 24.7 Å². The third kappa shape index (κ3) is 6.25. The van der Waals surface area contributed by atoms with Crippen molar-refractivity contribution in [3.63, 3.8) is 0 Å². The molecule has 1 aliphatic heterocycles. The third-order valence-electron chi connectivity index (χ3n) is 6.38. The second kappa shape index (κ2) is 10.4. The molecular formula is C22H27F3N6O3. The summed E-state index contributed by atoms with van der Waals surface area (Å²) in [5.41, 5.74) is -0.00382. The number of anilines is 2. The minimum absolute atomic E-state index is 0.0516. The van der Waals surface area contributed by atoms with Gasteiger partial charge in [0.25, 0.3) is 0 Å². The molecule has 0 bridgehead atoms. The first-order valence-electron chi connectivity index (χ1n) is 11.4. The molecule has 2 N–H and O–H groups in total. The number of hydrogen-bond acceptors (Lipinski definition) is 8. The number of aromatic nitrogens is 2. The van der Waals surface area contributed by atoms with Crippen LogP contribution in [0, 0.1) is 16.0 Å². The van der Waals surface area contributed by atoms with Crippen LogP contribution in [0.5, 0.6) is 5.75 Å². The van der Waals surface area contributed by atoms with E-state index in [4.69, 9.17) is 0 Å². The van der Waals surface area contributed by atoms with Gasteiger partial charge in [0.1, 0.15) is 11.9 Å². The molecule has 1 aromatic heterocycles. The van der Waals surface area contributed by atoms with Gasteiger partial charge in [-0.1, -0.05) is 18.2 Å². The molecule has 0 radical (unpaired) electrons. The highest BCUT2D eigenvalue weighted by molar-refractivity contribution is 5.57. The van der Waals surface area contributed by atoms with Gasteiger partial charge in [-0.25, -0.2) is 4.98 Å². The average molecular weight is 480 g/mol. The molecule has 0 amide bonds. The molecule has 34 heavy (non-hydrogen) atoms. The van der Waals surface area contributed by atoms with Crippen molar-refractivity contribution < 1.29 is 22.8 Å². The van der Waals surface area contributed by atoms with Crippen LogP contribution in [0.2, 0.25) is 0 Å². The first-order valence-corrected chi connectivity index (χ1v) is 11.4. The number of para-hydroxylation sites is 1. The number of rotatable bonds is 9. The Kier molecular flexibility index (Phi) is 7.35. The summed E-state index contributed by atoms with van der Waals surface area (Å²) in [4.78, 5) is 21.6. The van der Waals surface area contributed by atoms with E-state index in [1.807, 2.05) is 0 Å². The molecule has 0 spiro atoms. The Bertz CT molecular complexity index is 994. The zero-order chi connectivity index (χ0) is 24.1. The van der Waals surface area contributed by atoms with Gasteiger partial charge in [0.05, 0.1) is 4.92 Å². The Hall–Kier alpha value is -3.15. The molecule has 2 fully saturated rings. The van der Waals surface area contributed by atoms with Gasteiger partial charge in [-0.05, 0) is 57.2 Å². The zero-order valence-corrected chi connectivity index (χ0v) is 18.6. The van der Waals surface area contributed by atoms with Crippen molar-refractivity contribution in [2.75, 3.05) is 30.3 Å². The van der Waals surface area contributed by atoms with E-state index < -0.39 is 11.3 Å². The summed E-state index contributed by atoms with van der Waals surface area (Å²) in [5, 5.41) is 17.4. The number of nitrogens with zero attached hydrogens (tertiary/aromatic N) is 4. The zero-order valence-electron chi connectivity index (χ0n) is 18.6. The number of hydrogen-bond donors (Lipinski definition) is 2. The fourth-order valence-corrected chi connectivity index (χ4v) is 4.43. The first kappa shape index (κ1) is 24.0. The first-order chi connectivity index (χ1) is 16.3. The van der Waals surface area contributed by atoms with Gasteiger partial charge in [0.2, 0.25) is 11.8 Å². The second-order valence-corrected chi connectivity index (χ2v) is 8.64. The van der Waals surface area contributed by atoms with Gasteiger partial charge < -0.3 is 20.3 Å². The van der Waals surface area contributed by atoms with E-state index in [2.05, 4.69) is 30.2 Å². The van der Waals surface area contributed by atoms with Crippen LogP contribution < -0.4 is 15.4 Å². The van der Waals surface area contributed by atoms with E-state index >= 15 is 0 Å². The number of alkyl halides is 3. The van der Waals surface area contributed by atoms with E-state index in [9.17, 15) is 23.3 Å². The van der Waals surface area contributed by atoms with E-state index in [0.717, 1.165) is 31.9 Å². The Labute approximate surface area is 194 Å². The van der Waals surface area contributed by atoms with Crippen molar-refractivity contribution in [2.45, 2.75) is 51.1 Å². The van der Waals surface area contributed by atoms with Crippen LogP contribution in [0.3, 0.4) is 0 Å². The SMILES string of the molecule is O=[N+]([O-])c1cnc(NCc2ccccc2OC(F)(F)F)nc1NCC1CCC(N2CCC2)CC1. The maximum Gasteiger partial charge on any atom is 0.573 e. The highest BCUT2D eigenvalue weighted by Crippen LogP contribution is 2.31. The molecule has 0 unspecified atom stereocenters. The van der Waals surface area contributed by atoms with Crippen LogP contribution in [0.15, 0.2) is 30.5 Å². The van der Waals surface area contributed by atoms with Gasteiger partial charge >= 0.3 is 12.0 Å². The van der Waals surface area contributed by atoms with Crippen LogP contribution in [-0.4, -0.2) is 51.8 Å². The number of nitrogens with one attached hydrogen (secondary N) is 2. The predicted octanol–water partition coefficient (Wildman–Crippen LogP) is 4.57. The maximum atomic E-state index is 12.6. The number of nitro groups is 1. The number of halogens is 3. The van der Waals surface area contributed by atoms with E-state index in [1.165, 1.54) is 37.7 Å². The molecule has 0 atom stereocenters. The summed E-state index contributed by atoms with van der Waals surface area (Å²) >= 11 is 0. The van der Waals surface area contributed by atoms with Crippen LogP contribution in [0.25, 0.3) is 0 Å². The van der Waals surface area contributed by atoms with Gasteiger partial charge in [0.15, 0.2) is 0 Å². The van der Waals surface area contributed by atoms with Crippen molar-refractivity contribution in [1.29, 1.82) is 0 Å². The summed E-state index contributed by atoms with van der Waals surface area (Å²) < 4.78 is 42.0. The Morgan fingerprint density at radius 2 is 1.88 bits per heavy atom. The topological polar surface area (TPSA) is 105 Å². The largest absolute Gasteiger partial charge is 0.573 e. The molecule has 1 saturated carbocycles.